The Kier molecular flexibility index (Phi) is 6.16. The van der Waals surface area contributed by atoms with Crippen LogP contribution in [0.3, 0.4) is 0 Å². The van der Waals surface area contributed by atoms with Crippen LogP contribution in [0.1, 0.15) is 26.3 Å². The van der Waals surface area contributed by atoms with Gasteiger partial charge in [0.1, 0.15) is 5.75 Å². The summed E-state index contributed by atoms with van der Waals surface area (Å²) >= 11 is 17.8. The summed E-state index contributed by atoms with van der Waals surface area (Å²) in [6, 6.07) is 13.1. The van der Waals surface area contributed by atoms with Crippen LogP contribution in [0.15, 0.2) is 48.5 Å². The van der Waals surface area contributed by atoms with Gasteiger partial charge >= 0.3 is 0 Å². The first-order chi connectivity index (χ1) is 11.7. The van der Waals surface area contributed by atoms with Gasteiger partial charge in [-0.1, -0.05) is 65.1 Å². The second kappa shape index (κ2) is 7.95. The third-order valence-electron chi connectivity index (χ3n) is 3.35. The largest absolute Gasteiger partial charge is 0.465 e. The van der Waals surface area contributed by atoms with Gasteiger partial charge in [-0.2, -0.15) is 0 Å². The Bertz CT molecular complexity index is 791. The van der Waals surface area contributed by atoms with Gasteiger partial charge < -0.3 is 15.8 Å². The lowest BCUT2D eigenvalue weighted by Crippen LogP contribution is -2.48. The molecule has 0 aliphatic carbocycles. The van der Waals surface area contributed by atoms with Crippen molar-refractivity contribution in [2.75, 3.05) is 0 Å². The highest BCUT2D eigenvalue weighted by Crippen LogP contribution is 2.33. The molecule has 2 aromatic carbocycles. The Morgan fingerprint density at radius 3 is 2.16 bits per heavy atom. The standard InChI is InChI=1S/C17H15Cl3N2O3/c1-10-6-2-3-7-11(10)15(24)22-16(17(18,19)20)25-13-9-5-4-8-12(13)14(21)23/h2-9,16H,1H3,(H2,21,23)(H,22,24)/t16-/m0/s1. The van der Waals surface area contributed by atoms with E-state index >= 15 is 0 Å². The molecule has 0 aliphatic rings. The summed E-state index contributed by atoms with van der Waals surface area (Å²) in [6.07, 6.45) is -1.34. The van der Waals surface area contributed by atoms with E-state index in [1.807, 2.05) is 0 Å². The van der Waals surface area contributed by atoms with Gasteiger partial charge in [-0.3, -0.25) is 9.59 Å². The van der Waals surface area contributed by atoms with Gasteiger partial charge in [0, 0.05) is 5.56 Å². The van der Waals surface area contributed by atoms with Gasteiger partial charge in [0.2, 0.25) is 10.0 Å². The molecule has 2 rings (SSSR count). The van der Waals surface area contributed by atoms with Crippen molar-refractivity contribution < 1.29 is 14.3 Å². The van der Waals surface area contributed by atoms with E-state index in [1.165, 1.54) is 12.1 Å². The fourth-order valence-corrected chi connectivity index (χ4v) is 2.40. The van der Waals surface area contributed by atoms with Crippen molar-refractivity contribution in [3.8, 4) is 5.75 Å². The zero-order valence-corrected chi connectivity index (χ0v) is 15.4. The smallest absolute Gasteiger partial charge is 0.254 e. The van der Waals surface area contributed by atoms with Crippen molar-refractivity contribution in [1.29, 1.82) is 0 Å². The summed E-state index contributed by atoms with van der Waals surface area (Å²) in [4.78, 5) is 24.0. The van der Waals surface area contributed by atoms with Crippen LogP contribution in [0.4, 0.5) is 0 Å². The molecule has 2 aromatic rings. The minimum Gasteiger partial charge on any atom is -0.465 e. The van der Waals surface area contributed by atoms with Crippen LogP contribution in [0.2, 0.25) is 0 Å². The first-order valence-electron chi connectivity index (χ1n) is 7.19. The Balaban J connectivity index is 2.28. The van der Waals surface area contributed by atoms with E-state index in [0.717, 1.165) is 5.56 Å². The van der Waals surface area contributed by atoms with E-state index in [-0.39, 0.29) is 11.3 Å². The number of halogens is 3. The highest BCUT2D eigenvalue weighted by atomic mass is 35.6. The molecule has 1 atom stereocenters. The van der Waals surface area contributed by atoms with Crippen LogP contribution in [-0.4, -0.2) is 21.8 Å². The molecule has 2 amide bonds. The maximum absolute atomic E-state index is 12.5. The van der Waals surface area contributed by atoms with Gasteiger partial charge in [0.15, 0.2) is 0 Å². The van der Waals surface area contributed by atoms with Gasteiger partial charge in [-0.15, -0.1) is 0 Å². The summed E-state index contributed by atoms with van der Waals surface area (Å²) in [5, 5.41) is 2.52. The Hall–Kier alpha value is -1.95. The molecule has 0 radical (unpaired) electrons. The van der Waals surface area contributed by atoms with E-state index < -0.39 is 21.8 Å². The van der Waals surface area contributed by atoms with Crippen molar-refractivity contribution in [3.63, 3.8) is 0 Å². The van der Waals surface area contributed by atoms with Crippen LogP contribution >= 0.6 is 34.8 Å². The van der Waals surface area contributed by atoms with E-state index in [4.69, 9.17) is 45.3 Å². The van der Waals surface area contributed by atoms with Crippen molar-refractivity contribution in [1.82, 2.24) is 5.32 Å². The van der Waals surface area contributed by atoms with E-state index in [1.54, 1.807) is 43.3 Å². The molecule has 0 saturated heterocycles. The number of ether oxygens (including phenoxy) is 1. The zero-order chi connectivity index (χ0) is 18.6. The van der Waals surface area contributed by atoms with Crippen LogP contribution in [-0.2, 0) is 0 Å². The quantitative estimate of drug-likeness (QED) is 0.593. The predicted octanol–water partition coefficient (Wildman–Crippen LogP) is 3.60. The molecule has 132 valence electrons. The topological polar surface area (TPSA) is 81.4 Å². The van der Waals surface area contributed by atoms with Crippen molar-refractivity contribution in [2.24, 2.45) is 5.73 Å². The summed E-state index contributed by atoms with van der Waals surface area (Å²) in [7, 11) is 0. The third-order valence-corrected chi connectivity index (χ3v) is 3.94. The molecule has 5 nitrogen and oxygen atoms in total. The number of hydrogen-bond donors (Lipinski definition) is 2. The molecule has 0 spiro atoms. The summed E-state index contributed by atoms with van der Waals surface area (Å²) in [6.45, 7) is 1.78. The SMILES string of the molecule is Cc1ccccc1C(=O)N[C@@H](Oc1ccccc1C(N)=O)C(Cl)(Cl)Cl. The maximum Gasteiger partial charge on any atom is 0.254 e. The number of amides is 2. The lowest BCUT2D eigenvalue weighted by molar-refractivity contribution is 0.0829. The van der Waals surface area contributed by atoms with E-state index in [2.05, 4.69) is 5.32 Å². The second-order valence-electron chi connectivity index (χ2n) is 5.19. The molecule has 3 N–H and O–H groups in total. The monoisotopic (exact) mass is 400 g/mol. The van der Waals surface area contributed by atoms with Crippen molar-refractivity contribution in [3.05, 3.63) is 65.2 Å². The minimum absolute atomic E-state index is 0.0939. The molecule has 0 heterocycles. The van der Waals surface area contributed by atoms with Gasteiger partial charge in [-0.25, -0.2) is 0 Å². The summed E-state index contributed by atoms with van der Waals surface area (Å²) in [5.41, 5.74) is 6.57. The number of benzene rings is 2. The molecule has 0 unspecified atom stereocenters. The maximum atomic E-state index is 12.5. The highest BCUT2D eigenvalue weighted by molar-refractivity contribution is 6.68. The summed E-state index contributed by atoms with van der Waals surface area (Å²) < 4.78 is 3.59. The minimum atomic E-state index is -1.98. The number of aryl methyl sites for hydroxylation is 1. The predicted molar refractivity (Wildman–Crippen MR) is 98.3 cm³/mol. The fraction of sp³-hybridized carbons (Fsp3) is 0.176. The number of alkyl halides is 3. The number of nitrogens with two attached hydrogens (primary N) is 1. The number of nitrogens with one attached hydrogen (secondary N) is 1. The second-order valence-corrected chi connectivity index (χ2v) is 7.56. The number of para-hydroxylation sites is 1. The first kappa shape index (κ1) is 19.4. The zero-order valence-electron chi connectivity index (χ0n) is 13.1. The number of carbonyl (C=O) groups is 2. The van der Waals surface area contributed by atoms with E-state index in [9.17, 15) is 9.59 Å². The molecular formula is C17H15Cl3N2O3. The molecule has 25 heavy (non-hydrogen) atoms. The van der Waals surface area contributed by atoms with Gasteiger partial charge in [0.25, 0.3) is 11.8 Å². The van der Waals surface area contributed by atoms with Crippen LogP contribution in [0.5, 0.6) is 5.75 Å². The Labute approximate surface area is 160 Å². The molecule has 8 heteroatoms. The molecule has 0 fully saturated rings. The average Bonchev–Trinajstić information content (AvgIpc) is 2.54. The van der Waals surface area contributed by atoms with Gasteiger partial charge in [0.05, 0.1) is 5.56 Å². The molecule has 0 aliphatic heterocycles. The molecular weight excluding hydrogens is 387 g/mol. The van der Waals surface area contributed by atoms with Crippen molar-refractivity contribution in [2.45, 2.75) is 16.9 Å². The Morgan fingerprint density at radius 2 is 1.60 bits per heavy atom. The van der Waals surface area contributed by atoms with E-state index in [0.29, 0.717) is 5.56 Å². The molecule has 0 bridgehead atoms. The number of primary amides is 1. The van der Waals surface area contributed by atoms with Crippen molar-refractivity contribution >= 4 is 46.6 Å². The molecule has 0 aromatic heterocycles. The average molecular weight is 402 g/mol. The summed E-state index contributed by atoms with van der Waals surface area (Å²) in [5.74, 6) is -1.09. The van der Waals surface area contributed by atoms with Crippen LogP contribution in [0.25, 0.3) is 0 Å². The third kappa shape index (κ3) is 5.01. The number of carbonyl (C=O) groups excluding carboxylic acids is 2. The lowest BCUT2D eigenvalue weighted by atomic mass is 10.1. The Morgan fingerprint density at radius 1 is 1.04 bits per heavy atom. The molecule has 0 saturated carbocycles. The fourth-order valence-electron chi connectivity index (χ4n) is 2.10. The van der Waals surface area contributed by atoms with Crippen LogP contribution in [0, 0.1) is 6.92 Å². The number of hydrogen-bond acceptors (Lipinski definition) is 3. The normalized spacial score (nSPS) is 12.3. The lowest BCUT2D eigenvalue weighted by Gasteiger charge is -2.27. The number of rotatable bonds is 5. The highest BCUT2D eigenvalue weighted by Gasteiger charge is 2.37. The van der Waals surface area contributed by atoms with Crippen LogP contribution < -0.4 is 15.8 Å². The van der Waals surface area contributed by atoms with Gasteiger partial charge in [-0.05, 0) is 30.7 Å². The first-order valence-corrected chi connectivity index (χ1v) is 8.32.